The van der Waals surface area contributed by atoms with Crippen molar-refractivity contribution in [2.24, 2.45) is 0 Å². The zero-order valence-corrected chi connectivity index (χ0v) is 30.8. The molecule has 0 spiro atoms. The van der Waals surface area contributed by atoms with E-state index in [-0.39, 0.29) is 0 Å². The Bertz CT molecular complexity index is 3130. The Kier molecular flexibility index (Phi) is 7.49. The molecular formula is C52H35N3O. The van der Waals surface area contributed by atoms with Gasteiger partial charge >= 0.3 is 0 Å². The Morgan fingerprint density at radius 1 is 0.411 bits per heavy atom. The fourth-order valence-corrected chi connectivity index (χ4v) is 8.71. The van der Waals surface area contributed by atoms with Gasteiger partial charge in [-0.15, -0.1) is 0 Å². The maximum atomic E-state index is 6.62. The van der Waals surface area contributed by atoms with Crippen LogP contribution in [0, 0.1) is 0 Å². The highest BCUT2D eigenvalue weighted by Gasteiger charge is 2.24. The monoisotopic (exact) mass is 717 g/mol. The number of para-hydroxylation sites is 1. The highest BCUT2D eigenvalue weighted by molar-refractivity contribution is 6.13. The molecule has 0 fully saturated rings. The molecule has 0 saturated heterocycles. The summed E-state index contributed by atoms with van der Waals surface area (Å²) in [6, 6.07) is 62.0. The topological polar surface area (TPSA) is 51.8 Å². The third-order valence-corrected chi connectivity index (χ3v) is 11.4. The number of benzene rings is 8. The molecule has 0 saturated carbocycles. The van der Waals surface area contributed by atoms with Gasteiger partial charge in [-0.05, 0) is 91.9 Å². The first-order valence-corrected chi connectivity index (χ1v) is 19.2. The first-order valence-electron chi connectivity index (χ1n) is 19.2. The predicted molar refractivity (Wildman–Crippen MR) is 229 cm³/mol. The zero-order chi connectivity index (χ0) is 37.2. The van der Waals surface area contributed by atoms with Gasteiger partial charge in [-0.3, -0.25) is 0 Å². The molecule has 1 unspecified atom stereocenters. The number of hydrogen-bond donors (Lipinski definition) is 0. The van der Waals surface area contributed by atoms with Gasteiger partial charge in [0.2, 0.25) is 0 Å². The summed E-state index contributed by atoms with van der Waals surface area (Å²) in [5, 5.41) is 4.25. The van der Waals surface area contributed by atoms with Crippen molar-refractivity contribution in [2.45, 2.75) is 19.3 Å². The van der Waals surface area contributed by atoms with Crippen LogP contribution in [0.4, 0.5) is 0 Å². The van der Waals surface area contributed by atoms with Crippen molar-refractivity contribution in [1.29, 1.82) is 0 Å². The maximum Gasteiger partial charge on any atom is 0.164 e. The average Bonchev–Trinajstić information content (AvgIpc) is 3.65. The van der Waals surface area contributed by atoms with E-state index >= 15 is 0 Å². The molecule has 4 heteroatoms. The van der Waals surface area contributed by atoms with Crippen LogP contribution in [0.1, 0.15) is 24.0 Å². The van der Waals surface area contributed by atoms with Crippen molar-refractivity contribution in [3.63, 3.8) is 0 Å². The molecule has 0 bridgehead atoms. The van der Waals surface area contributed by atoms with E-state index in [1.807, 2.05) is 30.3 Å². The van der Waals surface area contributed by atoms with Crippen LogP contribution in [0.5, 0.6) is 0 Å². The van der Waals surface area contributed by atoms with Gasteiger partial charge in [0.1, 0.15) is 11.2 Å². The lowest BCUT2D eigenvalue weighted by atomic mass is 9.79. The number of fused-ring (bicyclic) bond motifs is 7. The van der Waals surface area contributed by atoms with Crippen molar-refractivity contribution in [1.82, 2.24) is 15.0 Å². The number of aromatic nitrogens is 3. The summed E-state index contributed by atoms with van der Waals surface area (Å²) in [5.74, 6) is 2.29. The minimum atomic E-state index is 0.445. The van der Waals surface area contributed by atoms with Gasteiger partial charge in [-0.1, -0.05) is 159 Å². The molecule has 4 nitrogen and oxygen atoms in total. The smallest absolute Gasteiger partial charge is 0.164 e. The molecule has 56 heavy (non-hydrogen) atoms. The lowest BCUT2D eigenvalue weighted by molar-refractivity contribution is 0.669. The molecule has 2 aromatic heterocycles. The van der Waals surface area contributed by atoms with Gasteiger partial charge in [0.15, 0.2) is 17.5 Å². The fraction of sp³-hybridized carbons (Fsp3) is 0.0577. The van der Waals surface area contributed by atoms with E-state index in [0.717, 1.165) is 66.9 Å². The average molecular weight is 718 g/mol. The van der Waals surface area contributed by atoms with Crippen LogP contribution in [-0.4, -0.2) is 15.0 Å². The summed E-state index contributed by atoms with van der Waals surface area (Å²) < 4.78 is 6.62. The van der Waals surface area contributed by atoms with E-state index in [4.69, 9.17) is 19.4 Å². The minimum Gasteiger partial charge on any atom is -0.456 e. The molecule has 0 amide bonds. The van der Waals surface area contributed by atoms with Crippen LogP contribution in [0.15, 0.2) is 180 Å². The second-order valence-electron chi connectivity index (χ2n) is 14.8. The Labute approximate surface area is 324 Å². The van der Waals surface area contributed by atoms with Gasteiger partial charge in [-0.2, -0.15) is 0 Å². The standard InChI is InChI=1S/C52H35N3O/c1-32-28-37-29-35(24-25-40(37)41-19-9-8-18-38(32)41)36-30-46(49-45-22-12-13-23-47(45)56-48(49)31-36)52-54-50(34-16-6-3-7-17-34)53-51(55-52)44-27-26-39(33-14-4-2-5-15-33)42-20-10-11-21-43(42)44/h2-27,29-32H,28H2,1H3. The first kappa shape index (κ1) is 32.3. The van der Waals surface area contributed by atoms with Gasteiger partial charge in [0, 0.05) is 27.5 Å². The van der Waals surface area contributed by atoms with Gasteiger partial charge in [0.25, 0.3) is 0 Å². The van der Waals surface area contributed by atoms with Crippen LogP contribution in [0.2, 0.25) is 0 Å². The van der Waals surface area contributed by atoms with Gasteiger partial charge in [-0.25, -0.2) is 15.0 Å². The second-order valence-corrected chi connectivity index (χ2v) is 14.8. The molecule has 0 radical (unpaired) electrons. The summed E-state index contributed by atoms with van der Waals surface area (Å²) in [7, 11) is 0. The van der Waals surface area contributed by atoms with E-state index in [9.17, 15) is 0 Å². The Morgan fingerprint density at radius 3 is 1.82 bits per heavy atom. The van der Waals surface area contributed by atoms with E-state index in [2.05, 4.69) is 153 Å². The Morgan fingerprint density at radius 2 is 1.02 bits per heavy atom. The lowest BCUT2D eigenvalue weighted by Crippen LogP contribution is -2.08. The molecule has 10 aromatic rings. The van der Waals surface area contributed by atoms with Gasteiger partial charge < -0.3 is 4.42 Å². The molecule has 8 aromatic carbocycles. The molecule has 2 heterocycles. The highest BCUT2D eigenvalue weighted by atomic mass is 16.3. The minimum absolute atomic E-state index is 0.445. The third-order valence-electron chi connectivity index (χ3n) is 11.4. The molecule has 264 valence electrons. The van der Waals surface area contributed by atoms with Crippen LogP contribution < -0.4 is 0 Å². The van der Waals surface area contributed by atoms with E-state index in [1.54, 1.807) is 0 Å². The van der Waals surface area contributed by atoms with E-state index < -0.39 is 0 Å². The zero-order valence-electron chi connectivity index (χ0n) is 30.8. The molecule has 0 aliphatic heterocycles. The summed E-state index contributed by atoms with van der Waals surface area (Å²) in [4.78, 5) is 15.8. The molecule has 1 aliphatic carbocycles. The van der Waals surface area contributed by atoms with Crippen LogP contribution in [0.25, 0.3) is 100 Å². The molecule has 0 N–H and O–H groups in total. The lowest BCUT2D eigenvalue weighted by Gasteiger charge is -2.26. The second kappa shape index (κ2) is 13.0. The van der Waals surface area contributed by atoms with E-state index in [1.165, 1.54) is 33.4 Å². The fourth-order valence-electron chi connectivity index (χ4n) is 8.71. The van der Waals surface area contributed by atoms with Crippen LogP contribution in [0.3, 0.4) is 0 Å². The molecule has 1 aliphatic rings. The van der Waals surface area contributed by atoms with Crippen molar-refractivity contribution in [2.75, 3.05) is 0 Å². The molecule has 11 rings (SSSR count). The van der Waals surface area contributed by atoms with E-state index in [0.29, 0.717) is 23.4 Å². The quantitative estimate of drug-likeness (QED) is 0.178. The van der Waals surface area contributed by atoms with Crippen LogP contribution in [-0.2, 0) is 6.42 Å². The number of rotatable bonds is 5. The highest BCUT2D eigenvalue weighted by Crippen LogP contribution is 2.44. The SMILES string of the molecule is CC1Cc2cc(-c3cc(-c4nc(-c5ccccc5)nc(-c5ccc(-c6ccccc6)c6ccccc56)n4)c4c(c3)oc3ccccc34)ccc2-c2ccccc21. The van der Waals surface area contributed by atoms with Gasteiger partial charge in [0.05, 0.1) is 0 Å². The normalized spacial score (nSPS) is 13.6. The maximum absolute atomic E-state index is 6.62. The number of furan rings is 1. The molecular weight excluding hydrogens is 683 g/mol. The third kappa shape index (κ3) is 5.33. The number of hydrogen-bond acceptors (Lipinski definition) is 4. The summed E-state index contributed by atoms with van der Waals surface area (Å²) in [5.41, 5.74) is 14.4. The number of nitrogens with zero attached hydrogens (tertiary/aromatic N) is 3. The summed E-state index contributed by atoms with van der Waals surface area (Å²) in [6.07, 6.45) is 0.994. The summed E-state index contributed by atoms with van der Waals surface area (Å²) >= 11 is 0. The Balaban J connectivity index is 1.15. The first-order chi connectivity index (χ1) is 27.7. The largest absolute Gasteiger partial charge is 0.456 e. The summed E-state index contributed by atoms with van der Waals surface area (Å²) in [6.45, 7) is 2.33. The predicted octanol–water partition coefficient (Wildman–Crippen LogP) is 13.6. The van der Waals surface area contributed by atoms with Crippen molar-refractivity contribution >= 4 is 32.7 Å². The van der Waals surface area contributed by atoms with Crippen molar-refractivity contribution in [3.05, 3.63) is 187 Å². The van der Waals surface area contributed by atoms with Crippen molar-refractivity contribution < 1.29 is 4.42 Å². The van der Waals surface area contributed by atoms with Crippen LogP contribution >= 0.6 is 0 Å². The molecule has 1 atom stereocenters. The Hall–Kier alpha value is -7.17. The van der Waals surface area contributed by atoms with Crippen molar-refractivity contribution in [3.8, 4) is 67.5 Å².